The molecule has 1 aliphatic rings. The van der Waals surface area contributed by atoms with Gasteiger partial charge in [0.2, 0.25) is 11.7 Å². The standard InChI is InChI=1S/C16H19NO4/c1-4-5-6-15(18)17-12-7-10-8-13(20-2)14(21-3)9-11(10)16(12)19/h7-9H,4-6H2,1-3H3,(H,17,18,19). The number of fused-ring (bicyclic) bond motifs is 1. The molecule has 0 saturated carbocycles. The van der Waals surface area contributed by atoms with Crippen LogP contribution in [0.4, 0.5) is 0 Å². The molecule has 0 radical (unpaired) electrons. The average Bonchev–Trinajstić information content (AvgIpc) is 2.79. The molecule has 0 bridgehead atoms. The Balaban J connectivity index is 2.21. The number of allylic oxidation sites excluding steroid dienone is 1. The number of Topliss-reactive ketones (excluding diaryl/α,β-unsaturated/α-hetero) is 1. The molecule has 5 heteroatoms. The molecule has 0 aliphatic heterocycles. The van der Waals surface area contributed by atoms with Crippen LogP contribution in [0.1, 0.15) is 42.1 Å². The van der Waals surface area contributed by atoms with Gasteiger partial charge in [-0.05, 0) is 30.2 Å². The highest BCUT2D eigenvalue weighted by molar-refractivity contribution is 6.19. The monoisotopic (exact) mass is 289 g/mol. The molecule has 1 amide bonds. The van der Waals surface area contributed by atoms with Crippen molar-refractivity contribution in [2.45, 2.75) is 26.2 Å². The van der Waals surface area contributed by atoms with E-state index >= 15 is 0 Å². The van der Waals surface area contributed by atoms with Crippen LogP contribution in [-0.4, -0.2) is 25.9 Å². The molecule has 1 aromatic carbocycles. The molecule has 0 spiro atoms. The number of hydrogen-bond donors (Lipinski definition) is 1. The van der Waals surface area contributed by atoms with Crippen molar-refractivity contribution in [3.8, 4) is 11.5 Å². The second kappa shape index (κ2) is 6.43. The van der Waals surface area contributed by atoms with Crippen molar-refractivity contribution in [1.29, 1.82) is 0 Å². The summed E-state index contributed by atoms with van der Waals surface area (Å²) in [6, 6.07) is 3.37. The number of carbonyl (C=O) groups excluding carboxylic acids is 2. The van der Waals surface area contributed by atoms with Crippen molar-refractivity contribution < 1.29 is 19.1 Å². The fraction of sp³-hybridized carbons (Fsp3) is 0.375. The van der Waals surface area contributed by atoms with E-state index in [0.717, 1.165) is 18.4 Å². The Hall–Kier alpha value is -2.30. The first-order valence-corrected chi connectivity index (χ1v) is 6.93. The summed E-state index contributed by atoms with van der Waals surface area (Å²) in [5, 5.41) is 2.68. The highest BCUT2D eigenvalue weighted by Gasteiger charge is 2.26. The van der Waals surface area contributed by atoms with Gasteiger partial charge in [0.1, 0.15) is 0 Å². The quantitative estimate of drug-likeness (QED) is 0.874. The number of rotatable bonds is 6. The SMILES string of the molecule is CCCCC(=O)NC1=Cc2cc(OC)c(OC)cc2C1=O. The summed E-state index contributed by atoms with van der Waals surface area (Å²) >= 11 is 0. The first kappa shape index (κ1) is 15.1. The summed E-state index contributed by atoms with van der Waals surface area (Å²) in [5.41, 5.74) is 1.54. The number of unbranched alkanes of at least 4 members (excludes halogenated alkanes) is 1. The highest BCUT2D eigenvalue weighted by Crippen LogP contribution is 2.35. The number of ketones is 1. The van der Waals surface area contributed by atoms with Gasteiger partial charge in [-0.25, -0.2) is 0 Å². The predicted molar refractivity (Wildman–Crippen MR) is 79.5 cm³/mol. The Morgan fingerprint density at radius 1 is 1.19 bits per heavy atom. The zero-order valence-corrected chi connectivity index (χ0v) is 12.5. The predicted octanol–water partition coefficient (Wildman–Crippen LogP) is 2.55. The van der Waals surface area contributed by atoms with Crippen molar-refractivity contribution in [3.63, 3.8) is 0 Å². The molecule has 0 fully saturated rings. The van der Waals surface area contributed by atoms with Crippen LogP contribution < -0.4 is 14.8 Å². The molecule has 0 unspecified atom stereocenters. The third-order valence-electron chi connectivity index (χ3n) is 3.38. The molecule has 112 valence electrons. The number of amides is 1. The van der Waals surface area contributed by atoms with E-state index < -0.39 is 0 Å². The van der Waals surface area contributed by atoms with Crippen molar-refractivity contribution in [1.82, 2.24) is 5.32 Å². The van der Waals surface area contributed by atoms with Gasteiger partial charge in [-0.2, -0.15) is 0 Å². The topological polar surface area (TPSA) is 64.6 Å². The van der Waals surface area contributed by atoms with E-state index in [2.05, 4.69) is 5.32 Å². The number of ether oxygens (including phenoxy) is 2. The van der Waals surface area contributed by atoms with Crippen LogP contribution in [0.15, 0.2) is 17.8 Å². The molecular weight excluding hydrogens is 270 g/mol. The molecule has 1 N–H and O–H groups in total. The lowest BCUT2D eigenvalue weighted by atomic mass is 10.1. The first-order valence-electron chi connectivity index (χ1n) is 6.93. The molecule has 0 heterocycles. The lowest BCUT2D eigenvalue weighted by Crippen LogP contribution is -2.25. The summed E-state index contributed by atoms with van der Waals surface area (Å²) in [4.78, 5) is 24.0. The summed E-state index contributed by atoms with van der Waals surface area (Å²) in [5.74, 6) is 0.717. The lowest BCUT2D eigenvalue weighted by molar-refractivity contribution is -0.120. The number of nitrogens with one attached hydrogen (secondary N) is 1. The van der Waals surface area contributed by atoms with Gasteiger partial charge < -0.3 is 14.8 Å². The van der Waals surface area contributed by atoms with Gasteiger partial charge in [0, 0.05) is 12.0 Å². The minimum Gasteiger partial charge on any atom is -0.493 e. The number of hydrogen-bond acceptors (Lipinski definition) is 4. The van der Waals surface area contributed by atoms with E-state index in [1.54, 1.807) is 18.2 Å². The summed E-state index contributed by atoms with van der Waals surface area (Å²) in [7, 11) is 3.06. The van der Waals surface area contributed by atoms with Gasteiger partial charge in [0.15, 0.2) is 11.5 Å². The Morgan fingerprint density at radius 3 is 2.48 bits per heavy atom. The van der Waals surface area contributed by atoms with Gasteiger partial charge >= 0.3 is 0 Å². The molecular formula is C16H19NO4. The highest BCUT2D eigenvalue weighted by atomic mass is 16.5. The van der Waals surface area contributed by atoms with Crippen molar-refractivity contribution in [2.75, 3.05) is 14.2 Å². The molecule has 2 rings (SSSR count). The van der Waals surface area contributed by atoms with Crippen molar-refractivity contribution in [3.05, 3.63) is 29.0 Å². The zero-order chi connectivity index (χ0) is 15.4. The largest absolute Gasteiger partial charge is 0.493 e. The lowest BCUT2D eigenvalue weighted by Gasteiger charge is -2.09. The maximum absolute atomic E-state index is 12.3. The van der Waals surface area contributed by atoms with Crippen LogP contribution in [0.3, 0.4) is 0 Å². The van der Waals surface area contributed by atoms with Gasteiger partial charge in [-0.15, -0.1) is 0 Å². The first-order chi connectivity index (χ1) is 10.1. The normalized spacial score (nSPS) is 12.7. The van der Waals surface area contributed by atoms with Crippen molar-refractivity contribution >= 4 is 17.8 Å². The Bertz CT molecular complexity index is 605. The molecule has 0 saturated heterocycles. The maximum Gasteiger partial charge on any atom is 0.224 e. The fourth-order valence-corrected chi connectivity index (χ4v) is 2.22. The fourth-order valence-electron chi connectivity index (χ4n) is 2.22. The average molecular weight is 289 g/mol. The second-order valence-corrected chi connectivity index (χ2v) is 4.83. The van der Waals surface area contributed by atoms with E-state index in [-0.39, 0.29) is 11.7 Å². The van der Waals surface area contributed by atoms with Crippen molar-refractivity contribution in [2.24, 2.45) is 0 Å². The Labute approximate surface area is 123 Å². The molecule has 0 atom stereocenters. The maximum atomic E-state index is 12.3. The number of carbonyl (C=O) groups is 2. The van der Waals surface area contributed by atoms with Gasteiger partial charge in [0.05, 0.1) is 19.9 Å². The third-order valence-corrected chi connectivity index (χ3v) is 3.38. The van der Waals surface area contributed by atoms with E-state index in [1.807, 2.05) is 6.92 Å². The minimum absolute atomic E-state index is 0.136. The van der Waals surface area contributed by atoms with E-state index in [4.69, 9.17) is 9.47 Å². The number of methoxy groups -OCH3 is 2. The van der Waals surface area contributed by atoms with Gasteiger partial charge in [-0.1, -0.05) is 13.3 Å². The van der Waals surface area contributed by atoms with Crippen LogP contribution in [0.25, 0.3) is 6.08 Å². The van der Waals surface area contributed by atoms with E-state index in [9.17, 15) is 9.59 Å². The molecule has 5 nitrogen and oxygen atoms in total. The smallest absolute Gasteiger partial charge is 0.224 e. The number of benzene rings is 1. The Kier molecular flexibility index (Phi) is 4.62. The summed E-state index contributed by atoms with van der Waals surface area (Å²) in [6.07, 6.45) is 3.84. The molecule has 21 heavy (non-hydrogen) atoms. The summed E-state index contributed by atoms with van der Waals surface area (Å²) in [6.45, 7) is 2.02. The zero-order valence-electron chi connectivity index (χ0n) is 12.5. The van der Waals surface area contributed by atoms with Crippen LogP contribution in [0, 0.1) is 0 Å². The van der Waals surface area contributed by atoms with Crippen LogP contribution >= 0.6 is 0 Å². The second-order valence-electron chi connectivity index (χ2n) is 4.83. The minimum atomic E-state index is -0.198. The molecule has 1 aromatic rings. The Morgan fingerprint density at radius 2 is 1.86 bits per heavy atom. The van der Waals surface area contributed by atoms with E-state index in [1.165, 1.54) is 14.2 Å². The molecule has 1 aliphatic carbocycles. The van der Waals surface area contributed by atoms with E-state index in [0.29, 0.717) is 29.2 Å². The van der Waals surface area contributed by atoms with Gasteiger partial charge in [-0.3, -0.25) is 9.59 Å². The summed E-state index contributed by atoms with van der Waals surface area (Å²) < 4.78 is 10.4. The third kappa shape index (κ3) is 3.07. The van der Waals surface area contributed by atoms with Gasteiger partial charge in [0.25, 0.3) is 0 Å². The van der Waals surface area contributed by atoms with Crippen LogP contribution in [0.5, 0.6) is 11.5 Å². The van der Waals surface area contributed by atoms with Crippen LogP contribution in [-0.2, 0) is 4.79 Å². The molecule has 0 aromatic heterocycles. The van der Waals surface area contributed by atoms with Crippen LogP contribution in [0.2, 0.25) is 0 Å².